The molecule has 0 bridgehead atoms. The molecule has 0 aromatic heterocycles. The zero-order valence-electron chi connectivity index (χ0n) is 10.9. The Balaban J connectivity index is 2.12. The normalized spacial score (nSPS) is 19.5. The van der Waals surface area contributed by atoms with E-state index in [9.17, 15) is 9.18 Å². The summed E-state index contributed by atoms with van der Waals surface area (Å²) in [7, 11) is 0. The van der Waals surface area contributed by atoms with Crippen LogP contribution in [0.15, 0.2) is 22.7 Å². The molecule has 0 aliphatic carbocycles. The monoisotopic (exact) mass is 329 g/mol. The number of likely N-dealkylation sites (tertiary alicyclic amines) is 1. The van der Waals surface area contributed by atoms with Crippen LogP contribution in [0.1, 0.15) is 30.1 Å². The molecule has 1 aromatic rings. The van der Waals surface area contributed by atoms with Gasteiger partial charge in [-0.15, -0.1) is 0 Å². The molecule has 19 heavy (non-hydrogen) atoms. The predicted molar refractivity (Wildman–Crippen MR) is 74.7 cm³/mol. The second kappa shape index (κ2) is 6.48. The lowest BCUT2D eigenvalue weighted by molar-refractivity contribution is 0.00719. The highest BCUT2D eigenvalue weighted by Gasteiger charge is 2.25. The fourth-order valence-electron chi connectivity index (χ4n) is 2.33. The first-order chi connectivity index (χ1) is 9.11. The summed E-state index contributed by atoms with van der Waals surface area (Å²) in [6.45, 7) is 3.88. The van der Waals surface area contributed by atoms with Crippen molar-refractivity contribution in [3.63, 3.8) is 0 Å². The SMILES string of the molecule is CCOC1CCCN(C(=O)c2cc(F)ccc2Br)C1. The van der Waals surface area contributed by atoms with Crippen LogP contribution >= 0.6 is 15.9 Å². The maximum absolute atomic E-state index is 13.3. The molecule has 1 atom stereocenters. The molecule has 1 aliphatic rings. The molecule has 0 saturated carbocycles. The van der Waals surface area contributed by atoms with Gasteiger partial charge in [0.2, 0.25) is 0 Å². The number of carbonyl (C=O) groups is 1. The average Bonchev–Trinajstić information content (AvgIpc) is 2.41. The highest BCUT2D eigenvalue weighted by atomic mass is 79.9. The Labute approximate surface area is 120 Å². The van der Waals surface area contributed by atoms with Gasteiger partial charge in [0, 0.05) is 24.2 Å². The first-order valence-electron chi connectivity index (χ1n) is 6.47. The van der Waals surface area contributed by atoms with Crippen LogP contribution in [0.2, 0.25) is 0 Å². The topological polar surface area (TPSA) is 29.5 Å². The molecule has 1 aliphatic heterocycles. The molecular formula is C14H17BrFNO2. The lowest BCUT2D eigenvalue weighted by atomic mass is 10.1. The molecule has 3 nitrogen and oxygen atoms in total. The molecule has 1 fully saturated rings. The lowest BCUT2D eigenvalue weighted by Crippen LogP contribution is -2.43. The zero-order valence-corrected chi connectivity index (χ0v) is 12.5. The molecule has 1 aromatic carbocycles. The van der Waals surface area contributed by atoms with Crippen molar-refractivity contribution in [1.82, 2.24) is 4.90 Å². The summed E-state index contributed by atoms with van der Waals surface area (Å²) in [5.41, 5.74) is 0.372. The summed E-state index contributed by atoms with van der Waals surface area (Å²) >= 11 is 3.30. The first-order valence-corrected chi connectivity index (χ1v) is 7.27. The van der Waals surface area contributed by atoms with E-state index >= 15 is 0 Å². The van der Waals surface area contributed by atoms with E-state index in [0.29, 0.717) is 29.7 Å². The molecule has 2 rings (SSSR count). The van der Waals surface area contributed by atoms with E-state index < -0.39 is 5.82 Å². The third-order valence-corrected chi connectivity index (χ3v) is 3.92. The highest BCUT2D eigenvalue weighted by molar-refractivity contribution is 9.10. The maximum Gasteiger partial charge on any atom is 0.255 e. The van der Waals surface area contributed by atoms with Gasteiger partial charge in [0.25, 0.3) is 5.91 Å². The number of ether oxygens (including phenoxy) is 1. The number of carbonyl (C=O) groups excluding carboxylic acids is 1. The standard InChI is InChI=1S/C14H17BrFNO2/c1-2-19-11-4-3-7-17(9-11)14(18)12-8-10(16)5-6-13(12)15/h5-6,8,11H,2-4,7,9H2,1H3. The van der Waals surface area contributed by atoms with E-state index in [2.05, 4.69) is 15.9 Å². The van der Waals surface area contributed by atoms with Gasteiger partial charge < -0.3 is 9.64 Å². The Bertz CT molecular complexity index is 465. The average molecular weight is 330 g/mol. The van der Waals surface area contributed by atoms with Gasteiger partial charge >= 0.3 is 0 Å². The van der Waals surface area contributed by atoms with Gasteiger partial charge in [0.05, 0.1) is 11.7 Å². The molecule has 104 valence electrons. The van der Waals surface area contributed by atoms with Crippen LogP contribution in [0.5, 0.6) is 0 Å². The Hall–Kier alpha value is -0.940. The second-order valence-corrected chi connectivity index (χ2v) is 5.45. The second-order valence-electron chi connectivity index (χ2n) is 4.59. The molecule has 1 heterocycles. The molecule has 0 N–H and O–H groups in total. The van der Waals surface area contributed by atoms with Gasteiger partial charge in [0.1, 0.15) is 5.82 Å². The Morgan fingerprint density at radius 2 is 2.37 bits per heavy atom. The maximum atomic E-state index is 13.3. The van der Waals surface area contributed by atoms with Crippen molar-refractivity contribution in [2.75, 3.05) is 19.7 Å². The van der Waals surface area contributed by atoms with Gasteiger partial charge in [0.15, 0.2) is 0 Å². The number of hydrogen-bond acceptors (Lipinski definition) is 2. The number of halogens is 2. The van der Waals surface area contributed by atoms with Crippen LogP contribution < -0.4 is 0 Å². The van der Waals surface area contributed by atoms with Crippen molar-refractivity contribution in [1.29, 1.82) is 0 Å². The summed E-state index contributed by atoms with van der Waals surface area (Å²) in [4.78, 5) is 14.1. The first kappa shape index (κ1) is 14.5. The number of hydrogen-bond donors (Lipinski definition) is 0. The minimum atomic E-state index is -0.398. The van der Waals surface area contributed by atoms with E-state index in [-0.39, 0.29) is 12.0 Å². The summed E-state index contributed by atoms with van der Waals surface area (Å²) in [5.74, 6) is -0.541. The van der Waals surface area contributed by atoms with E-state index in [1.807, 2.05) is 6.92 Å². The largest absolute Gasteiger partial charge is 0.377 e. The van der Waals surface area contributed by atoms with Crippen molar-refractivity contribution >= 4 is 21.8 Å². The zero-order chi connectivity index (χ0) is 13.8. The lowest BCUT2D eigenvalue weighted by Gasteiger charge is -2.32. The van der Waals surface area contributed by atoms with Crippen LogP contribution in [0, 0.1) is 5.82 Å². The Morgan fingerprint density at radius 3 is 3.11 bits per heavy atom. The quantitative estimate of drug-likeness (QED) is 0.852. The summed E-state index contributed by atoms with van der Waals surface area (Å²) in [6.07, 6.45) is 1.99. The Kier molecular flexibility index (Phi) is 4.93. The van der Waals surface area contributed by atoms with Gasteiger partial charge in [-0.2, -0.15) is 0 Å². The van der Waals surface area contributed by atoms with Crippen LogP contribution in [0.25, 0.3) is 0 Å². The minimum absolute atomic E-state index is 0.0926. The summed E-state index contributed by atoms with van der Waals surface area (Å²) in [5, 5.41) is 0. The molecule has 5 heteroatoms. The van der Waals surface area contributed by atoms with Gasteiger partial charge in [-0.25, -0.2) is 4.39 Å². The summed E-state index contributed by atoms with van der Waals surface area (Å²) < 4.78 is 19.5. The van der Waals surface area contributed by atoms with Crippen molar-refractivity contribution in [3.8, 4) is 0 Å². The van der Waals surface area contributed by atoms with Crippen molar-refractivity contribution < 1.29 is 13.9 Å². The number of piperidine rings is 1. The van der Waals surface area contributed by atoms with E-state index in [0.717, 1.165) is 12.8 Å². The molecule has 0 spiro atoms. The number of nitrogens with zero attached hydrogens (tertiary/aromatic N) is 1. The third kappa shape index (κ3) is 3.54. The van der Waals surface area contributed by atoms with Crippen LogP contribution in [0.4, 0.5) is 4.39 Å². The minimum Gasteiger partial charge on any atom is -0.377 e. The van der Waals surface area contributed by atoms with E-state index in [4.69, 9.17) is 4.74 Å². The van der Waals surface area contributed by atoms with Crippen LogP contribution in [-0.2, 0) is 4.74 Å². The molecule has 0 radical (unpaired) electrons. The van der Waals surface area contributed by atoms with Gasteiger partial charge in [-0.1, -0.05) is 0 Å². The smallest absolute Gasteiger partial charge is 0.255 e. The van der Waals surface area contributed by atoms with Crippen LogP contribution in [0.3, 0.4) is 0 Å². The van der Waals surface area contributed by atoms with Crippen molar-refractivity contribution in [3.05, 3.63) is 34.1 Å². The van der Waals surface area contributed by atoms with Crippen LogP contribution in [-0.4, -0.2) is 36.6 Å². The molecule has 1 unspecified atom stereocenters. The number of benzene rings is 1. The predicted octanol–water partition coefficient (Wildman–Crippen LogP) is 3.23. The molecule has 1 saturated heterocycles. The third-order valence-electron chi connectivity index (χ3n) is 3.23. The van der Waals surface area contributed by atoms with Crippen molar-refractivity contribution in [2.24, 2.45) is 0 Å². The summed E-state index contributed by atoms with van der Waals surface area (Å²) in [6, 6.07) is 4.17. The van der Waals surface area contributed by atoms with Crippen molar-refractivity contribution in [2.45, 2.75) is 25.9 Å². The molecule has 1 amide bonds. The fourth-order valence-corrected chi connectivity index (χ4v) is 2.74. The fraction of sp³-hybridized carbons (Fsp3) is 0.500. The Morgan fingerprint density at radius 1 is 1.58 bits per heavy atom. The highest BCUT2D eigenvalue weighted by Crippen LogP contribution is 2.22. The van der Waals surface area contributed by atoms with Gasteiger partial charge in [-0.05, 0) is 53.9 Å². The van der Waals surface area contributed by atoms with E-state index in [1.165, 1.54) is 12.1 Å². The van der Waals surface area contributed by atoms with Gasteiger partial charge in [-0.3, -0.25) is 4.79 Å². The number of rotatable bonds is 3. The van der Waals surface area contributed by atoms with E-state index in [1.54, 1.807) is 11.0 Å². The molecular weight excluding hydrogens is 313 g/mol. The number of amides is 1.